The van der Waals surface area contributed by atoms with Crippen LogP contribution in [0.15, 0.2) is 24.3 Å². The predicted molar refractivity (Wildman–Crippen MR) is 79.8 cm³/mol. The molecule has 0 aliphatic heterocycles. The third kappa shape index (κ3) is 6.08. The van der Waals surface area contributed by atoms with Crippen LogP contribution in [0.4, 0.5) is 0 Å². The lowest BCUT2D eigenvalue weighted by atomic mass is 9.87. The van der Waals surface area contributed by atoms with Gasteiger partial charge in [0.1, 0.15) is 12.4 Å². The minimum absolute atomic E-state index is 0.177. The molecule has 0 amide bonds. The molecule has 0 heterocycles. The fourth-order valence-corrected chi connectivity index (χ4v) is 1.91. The molecule has 0 aliphatic carbocycles. The lowest BCUT2D eigenvalue weighted by molar-refractivity contribution is 0.131. The standard InChI is InChI=1S/C16H27NO2/c1-13(18)12-17(5)10-11-19-15-8-6-14(7-9-15)16(2,3)4/h6-9,13,18H,10-12H2,1-5H3. The number of aliphatic hydroxyl groups is 1. The van der Waals surface area contributed by atoms with Crippen molar-refractivity contribution in [2.45, 2.75) is 39.2 Å². The van der Waals surface area contributed by atoms with Gasteiger partial charge in [-0.25, -0.2) is 0 Å². The summed E-state index contributed by atoms with van der Waals surface area (Å²) in [7, 11) is 1.98. The Morgan fingerprint density at radius 1 is 1.21 bits per heavy atom. The van der Waals surface area contributed by atoms with E-state index in [9.17, 15) is 5.11 Å². The molecule has 3 heteroatoms. The van der Waals surface area contributed by atoms with Crippen molar-refractivity contribution in [1.82, 2.24) is 4.90 Å². The van der Waals surface area contributed by atoms with Crippen LogP contribution in [0.25, 0.3) is 0 Å². The molecule has 0 bridgehead atoms. The summed E-state index contributed by atoms with van der Waals surface area (Å²) in [6.45, 7) is 10.5. The molecule has 0 radical (unpaired) electrons. The SMILES string of the molecule is CC(O)CN(C)CCOc1ccc(C(C)(C)C)cc1. The molecule has 0 saturated carbocycles. The molecular weight excluding hydrogens is 238 g/mol. The van der Waals surface area contributed by atoms with Gasteiger partial charge in [-0.2, -0.15) is 0 Å². The normalized spacial score (nSPS) is 13.6. The zero-order valence-corrected chi connectivity index (χ0v) is 12.8. The highest BCUT2D eigenvalue weighted by Crippen LogP contribution is 2.24. The number of ether oxygens (including phenoxy) is 1. The highest BCUT2D eigenvalue weighted by Gasteiger charge is 2.12. The quantitative estimate of drug-likeness (QED) is 0.858. The van der Waals surface area contributed by atoms with Crippen LogP contribution in [0, 0.1) is 0 Å². The highest BCUT2D eigenvalue weighted by atomic mass is 16.5. The molecule has 0 spiro atoms. The Labute approximate surface area is 117 Å². The van der Waals surface area contributed by atoms with E-state index in [0.29, 0.717) is 13.2 Å². The van der Waals surface area contributed by atoms with E-state index in [1.54, 1.807) is 6.92 Å². The maximum atomic E-state index is 9.26. The Hall–Kier alpha value is -1.06. The summed E-state index contributed by atoms with van der Waals surface area (Å²) in [6, 6.07) is 8.29. The summed E-state index contributed by atoms with van der Waals surface area (Å²) in [5.74, 6) is 0.901. The molecular formula is C16H27NO2. The van der Waals surface area contributed by atoms with Crippen molar-refractivity contribution in [1.29, 1.82) is 0 Å². The van der Waals surface area contributed by atoms with Crippen molar-refractivity contribution in [3.63, 3.8) is 0 Å². The van der Waals surface area contributed by atoms with Gasteiger partial charge in [0.25, 0.3) is 0 Å². The van der Waals surface area contributed by atoms with Crippen LogP contribution in [0.2, 0.25) is 0 Å². The van der Waals surface area contributed by atoms with Crippen LogP contribution < -0.4 is 4.74 Å². The van der Waals surface area contributed by atoms with E-state index in [2.05, 4.69) is 37.8 Å². The van der Waals surface area contributed by atoms with Crippen LogP contribution in [0.3, 0.4) is 0 Å². The number of aliphatic hydroxyl groups excluding tert-OH is 1. The molecule has 0 aromatic heterocycles. The van der Waals surface area contributed by atoms with Crippen LogP contribution in [0.1, 0.15) is 33.3 Å². The average Bonchev–Trinajstić information content (AvgIpc) is 2.27. The number of nitrogens with zero attached hydrogens (tertiary/aromatic N) is 1. The highest BCUT2D eigenvalue weighted by molar-refractivity contribution is 5.31. The topological polar surface area (TPSA) is 32.7 Å². The van der Waals surface area contributed by atoms with Gasteiger partial charge in [0.05, 0.1) is 6.10 Å². The van der Waals surface area contributed by atoms with Crippen molar-refractivity contribution in [2.75, 3.05) is 26.7 Å². The zero-order chi connectivity index (χ0) is 14.5. The maximum absolute atomic E-state index is 9.26. The van der Waals surface area contributed by atoms with E-state index in [4.69, 9.17) is 4.74 Å². The smallest absolute Gasteiger partial charge is 0.119 e. The Bertz CT molecular complexity index is 365. The summed E-state index contributed by atoms with van der Waals surface area (Å²) >= 11 is 0. The summed E-state index contributed by atoms with van der Waals surface area (Å²) < 4.78 is 5.70. The number of likely N-dealkylation sites (N-methyl/N-ethyl adjacent to an activating group) is 1. The molecule has 1 aromatic carbocycles. The van der Waals surface area contributed by atoms with Gasteiger partial charge < -0.3 is 14.7 Å². The van der Waals surface area contributed by atoms with Crippen molar-refractivity contribution in [3.05, 3.63) is 29.8 Å². The Balaban J connectivity index is 2.38. The minimum Gasteiger partial charge on any atom is -0.492 e. The van der Waals surface area contributed by atoms with Gasteiger partial charge in [0.15, 0.2) is 0 Å². The van der Waals surface area contributed by atoms with Crippen LogP contribution in [0.5, 0.6) is 5.75 Å². The third-order valence-electron chi connectivity index (χ3n) is 3.04. The van der Waals surface area contributed by atoms with E-state index >= 15 is 0 Å². The lowest BCUT2D eigenvalue weighted by Gasteiger charge is -2.20. The summed E-state index contributed by atoms with van der Waals surface area (Å²) in [6.07, 6.45) is -0.295. The molecule has 1 unspecified atom stereocenters. The van der Waals surface area contributed by atoms with Crippen molar-refractivity contribution in [2.24, 2.45) is 0 Å². The maximum Gasteiger partial charge on any atom is 0.119 e. The fraction of sp³-hybridized carbons (Fsp3) is 0.625. The third-order valence-corrected chi connectivity index (χ3v) is 3.04. The van der Waals surface area contributed by atoms with Gasteiger partial charge in [-0.3, -0.25) is 0 Å². The second-order valence-corrected chi connectivity index (χ2v) is 6.23. The number of hydrogen-bond acceptors (Lipinski definition) is 3. The first-order chi connectivity index (χ1) is 8.79. The van der Waals surface area contributed by atoms with Crippen molar-refractivity contribution >= 4 is 0 Å². The molecule has 3 nitrogen and oxygen atoms in total. The molecule has 0 fully saturated rings. The number of benzene rings is 1. The molecule has 1 aromatic rings. The largest absolute Gasteiger partial charge is 0.492 e. The molecule has 1 rings (SSSR count). The van der Waals surface area contributed by atoms with Crippen LogP contribution in [-0.4, -0.2) is 42.9 Å². The van der Waals surface area contributed by atoms with E-state index in [-0.39, 0.29) is 11.5 Å². The second kappa shape index (κ2) is 6.92. The molecule has 0 saturated heterocycles. The van der Waals surface area contributed by atoms with E-state index < -0.39 is 0 Å². The van der Waals surface area contributed by atoms with Gasteiger partial charge in [-0.05, 0) is 37.1 Å². The molecule has 1 atom stereocenters. The molecule has 108 valence electrons. The van der Waals surface area contributed by atoms with Gasteiger partial charge in [0.2, 0.25) is 0 Å². The first-order valence-electron chi connectivity index (χ1n) is 6.89. The predicted octanol–water partition coefficient (Wildman–Crippen LogP) is 2.68. The van der Waals surface area contributed by atoms with Gasteiger partial charge in [0, 0.05) is 13.1 Å². The second-order valence-electron chi connectivity index (χ2n) is 6.23. The van der Waals surface area contributed by atoms with E-state index in [1.807, 2.05) is 19.2 Å². The number of rotatable bonds is 6. The Morgan fingerprint density at radius 3 is 2.26 bits per heavy atom. The van der Waals surface area contributed by atoms with E-state index in [0.717, 1.165) is 12.3 Å². The van der Waals surface area contributed by atoms with Crippen LogP contribution in [-0.2, 0) is 5.41 Å². The Morgan fingerprint density at radius 2 is 1.79 bits per heavy atom. The van der Waals surface area contributed by atoms with Crippen molar-refractivity contribution < 1.29 is 9.84 Å². The average molecular weight is 265 g/mol. The molecule has 19 heavy (non-hydrogen) atoms. The lowest BCUT2D eigenvalue weighted by Crippen LogP contribution is -2.30. The Kier molecular flexibility index (Phi) is 5.83. The van der Waals surface area contributed by atoms with Gasteiger partial charge in [-0.1, -0.05) is 32.9 Å². The van der Waals surface area contributed by atoms with Crippen molar-refractivity contribution in [3.8, 4) is 5.75 Å². The van der Waals surface area contributed by atoms with Gasteiger partial charge in [-0.15, -0.1) is 0 Å². The first kappa shape index (κ1) is 16.0. The van der Waals surface area contributed by atoms with Crippen LogP contribution >= 0.6 is 0 Å². The number of hydrogen-bond donors (Lipinski definition) is 1. The van der Waals surface area contributed by atoms with Gasteiger partial charge >= 0.3 is 0 Å². The summed E-state index contributed by atoms with van der Waals surface area (Å²) in [4.78, 5) is 2.06. The zero-order valence-electron chi connectivity index (χ0n) is 12.8. The fourth-order valence-electron chi connectivity index (χ4n) is 1.91. The first-order valence-corrected chi connectivity index (χ1v) is 6.89. The monoisotopic (exact) mass is 265 g/mol. The molecule has 1 N–H and O–H groups in total. The summed E-state index contributed by atoms with van der Waals surface area (Å²) in [5.41, 5.74) is 1.49. The minimum atomic E-state index is -0.295. The molecule has 0 aliphatic rings. The summed E-state index contributed by atoms with van der Waals surface area (Å²) in [5, 5.41) is 9.26. The van der Waals surface area contributed by atoms with E-state index in [1.165, 1.54) is 5.56 Å².